The minimum Gasteiger partial charge on any atom is -0.263 e. The number of rotatable bonds is 13. The van der Waals surface area contributed by atoms with E-state index in [2.05, 4.69) is 14.0 Å². The van der Waals surface area contributed by atoms with Crippen molar-refractivity contribution in [2.45, 2.75) is 96.8 Å². The molecule has 2 heteroatoms. The third-order valence-electron chi connectivity index (χ3n) is 5.15. The lowest BCUT2D eigenvalue weighted by Crippen LogP contribution is -2.45. The van der Waals surface area contributed by atoms with E-state index < -0.39 is 0 Å². The van der Waals surface area contributed by atoms with Gasteiger partial charge in [-0.05, 0) is 12.8 Å². The second kappa shape index (κ2) is 11.2. The van der Waals surface area contributed by atoms with Gasteiger partial charge in [-0.25, -0.2) is 4.79 Å². The Hall–Kier alpha value is -0.370. The van der Waals surface area contributed by atoms with Crippen molar-refractivity contribution in [1.29, 1.82) is 0 Å². The summed E-state index contributed by atoms with van der Waals surface area (Å²) >= 11 is 0. The van der Waals surface area contributed by atoms with Gasteiger partial charge in [-0.2, -0.15) is 0 Å². The van der Waals surface area contributed by atoms with E-state index >= 15 is 0 Å². The number of hydrogen-bond donors (Lipinski definition) is 0. The number of hydrogen-bond acceptors (Lipinski definition) is 1. The Bertz CT molecular complexity index is 277. The lowest BCUT2D eigenvalue weighted by molar-refractivity contribution is -0.826. The number of nitrogens with zero attached hydrogens (tertiary/aromatic N) is 1. The second-order valence-electron chi connectivity index (χ2n) is 7.23. The summed E-state index contributed by atoms with van der Waals surface area (Å²) in [7, 11) is 2.13. The minimum absolute atomic E-state index is 0.470. The molecule has 1 amide bonds. The van der Waals surface area contributed by atoms with Crippen molar-refractivity contribution in [1.82, 2.24) is 0 Å². The fourth-order valence-electron chi connectivity index (χ4n) is 3.51. The first-order valence-electron chi connectivity index (χ1n) is 9.57. The van der Waals surface area contributed by atoms with Gasteiger partial charge in [0.25, 0.3) is 0 Å². The predicted molar refractivity (Wildman–Crippen MR) is 91.2 cm³/mol. The van der Waals surface area contributed by atoms with E-state index in [1.54, 1.807) is 0 Å². The van der Waals surface area contributed by atoms with Crippen molar-refractivity contribution >= 4 is 5.91 Å². The number of carbonyl (C=O) groups is 1. The second-order valence-corrected chi connectivity index (χ2v) is 7.23. The van der Waals surface area contributed by atoms with E-state index in [1.165, 1.54) is 77.0 Å². The van der Waals surface area contributed by atoms with Crippen molar-refractivity contribution in [3.05, 3.63) is 0 Å². The van der Waals surface area contributed by atoms with Gasteiger partial charge < -0.3 is 0 Å². The monoisotopic (exact) mass is 296 g/mol. The van der Waals surface area contributed by atoms with Crippen LogP contribution in [0.2, 0.25) is 0 Å². The van der Waals surface area contributed by atoms with E-state index in [-0.39, 0.29) is 0 Å². The van der Waals surface area contributed by atoms with E-state index in [1.807, 2.05) is 0 Å². The molecule has 2 nitrogen and oxygen atoms in total. The summed E-state index contributed by atoms with van der Waals surface area (Å²) < 4.78 is 0.720. The molecule has 0 spiro atoms. The summed E-state index contributed by atoms with van der Waals surface area (Å²) in [5.41, 5.74) is 0. The molecule has 1 aliphatic heterocycles. The Labute approximate surface area is 132 Å². The highest BCUT2D eigenvalue weighted by Gasteiger charge is 2.35. The quantitative estimate of drug-likeness (QED) is 0.326. The van der Waals surface area contributed by atoms with Gasteiger partial charge in [-0.1, -0.05) is 71.1 Å². The number of quaternary nitrogens is 1. The molecule has 0 aromatic carbocycles. The van der Waals surface area contributed by atoms with Crippen molar-refractivity contribution in [3.63, 3.8) is 0 Å². The molecule has 124 valence electrons. The average molecular weight is 297 g/mol. The summed E-state index contributed by atoms with van der Waals surface area (Å²) in [4.78, 5) is 11.8. The Kier molecular flexibility index (Phi) is 9.99. The van der Waals surface area contributed by atoms with Crippen LogP contribution in [0.15, 0.2) is 0 Å². The molecule has 0 aromatic heterocycles. The summed E-state index contributed by atoms with van der Waals surface area (Å²) in [5, 5.41) is 0. The molecule has 1 rings (SSSR count). The van der Waals surface area contributed by atoms with Gasteiger partial charge in [0.15, 0.2) is 0 Å². The summed E-state index contributed by atoms with van der Waals surface area (Å²) in [5.74, 6) is 0.470. The Morgan fingerprint density at radius 3 is 1.71 bits per heavy atom. The maximum Gasteiger partial charge on any atom is 0.313 e. The zero-order valence-corrected chi connectivity index (χ0v) is 14.7. The smallest absolute Gasteiger partial charge is 0.263 e. The molecule has 0 N–H and O–H groups in total. The highest BCUT2D eigenvalue weighted by Crippen LogP contribution is 2.20. The number of carbonyl (C=O) groups excluding carboxylic acids is 1. The minimum atomic E-state index is 0.470. The van der Waals surface area contributed by atoms with Crippen LogP contribution in [0.4, 0.5) is 0 Å². The highest BCUT2D eigenvalue weighted by atomic mass is 16.2. The van der Waals surface area contributed by atoms with Crippen LogP contribution in [-0.4, -0.2) is 30.5 Å². The Morgan fingerprint density at radius 1 is 0.810 bits per heavy atom. The summed E-state index contributed by atoms with van der Waals surface area (Å²) in [6.45, 7) is 4.44. The normalized spacial score (nSPS) is 22.1. The standard InChI is InChI=1S/C19H38NO/c1-3-4-5-6-7-8-9-10-11-12-13-14-17-20(2)18-15-16-19(20)21/h3-18H2,1-2H3/q+1. The van der Waals surface area contributed by atoms with Gasteiger partial charge in [0.1, 0.15) is 0 Å². The first-order valence-corrected chi connectivity index (χ1v) is 9.57. The van der Waals surface area contributed by atoms with Crippen molar-refractivity contribution in [2.24, 2.45) is 0 Å². The van der Waals surface area contributed by atoms with Gasteiger partial charge in [-0.3, -0.25) is 4.48 Å². The van der Waals surface area contributed by atoms with Gasteiger partial charge in [0.05, 0.1) is 26.6 Å². The molecular weight excluding hydrogens is 258 g/mol. The van der Waals surface area contributed by atoms with Crippen LogP contribution in [0.25, 0.3) is 0 Å². The summed E-state index contributed by atoms with van der Waals surface area (Å²) in [6, 6.07) is 0. The Balaban J connectivity index is 1.82. The third kappa shape index (κ3) is 7.99. The SMILES string of the molecule is CCCCCCCCCCCCCC[N+]1(C)CCCC1=O. The van der Waals surface area contributed by atoms with Crippen LogP contribution in [-0.2, 0) is 4.79 Å². The van der Waals surface area contributed by atoms with Crippen LogP contribution in [0.3, 0.4) is 0 Å². The van der Waals surface area contributed by atoms with Crippen LogP contribution in [0, 0.1) is 0 Å². The molecule has 0 saturated carbocycles. The van der Waals surface area contributed by atoms with Gasteiger partial charge in [0.2, 0.25) is 0 Å². The zero-order chi connectivity index (χ0) is 15.4. The van der Waals surface area contributed by atoms with Crippen molar-refractivity contribution < 1.29 is 9.28 Å². The largest absolute Gasteiger partial charge is 0.313 e. The molecule has 0 radical (unpaired) electrons. The average Bonchev–Trinajstić information content (AvgIpc) is 2.80. The predicted octanol–water partition coefficient (Wildman–Crippen LogP) is 5.45. The van der Waals surface area contributed by atoms with Gasteiger partial charge in [0, 0.05) is 6.42 Å². The zero-order valence-electron chi connectivity index (χ0n) is 14.7. The van der Waals surface area contributed by atoms with Crippen LogP contribution in [0.1, 0.15) is 96.8 Å². The number of likely N-dealkylation sites (tertiary alicyclic amines) is 1. The molecule has 1 unspecified atom stereocenters. The molecule has 1 atom stereocenters. The molecule has 0 bridgehead atoms. The number of unbranched alkanes of at least 4 members (excludes halogenated alkanes) is 11. The van der Waals surface area contributed by atoms with Gasteiger partial charge >= 0.3 is 5.91 Å². The fourth-order valence-corrected chi connectivity index (χ4v) is 3.51. The lowest BCUT2D eigenvalue weighted by Gasteiger charge is -2.26. The molecule has 0 aromatic rings. The van der Waals surface area contributed by atoms with E-state index in [0.717, 1.165) is 30.4 Å². The highest BCUT2D eigenvalue weighted by molar-refractivity contribution is 5.70. The molecule has 0 aliphatic carbocycles. The topological polar surface area (TPSA) is 17.1 Å². The molecular formula is C19H38NO+. The molecule has 21 heavy (non-hydrogen) atoms. The van der Waals surface area contributed by atoms with E-state index in [0.29, 0.717) is 5.91 Å². The van der Waals surface area contributed by atoms with Crippen molar-refractivity contribution in [3.8, 4) is 0 Å². The molecule has 1 aliphatic rings. The van der Waals surface area contributed by atoms with Crippen LogP contribution in [0.5, 0.6) is 0 Å². The molecule has 1 heterocycles. The fraction of sp³-hybridized carbons (Fsp3) is 0.947. The van der Waals surface area contributed by atoms with Crippen LogP contribution >= 0.6 is 0 Å². The molecule has 1 fully saturated rings. The first-order chi connectivity index (χ1) is 10.2. The maximum absolute atomic E-state index is 11.8. The lowest BCUT2D eigenvalue weighted by atomic mass is 10.1. The third-order valence-corrected chi connectivity index (χ3v) is 5.15. The first kappa shape index (κ1) is 18.7. The molecule has 1 saturated heterocycles. The number of amides is 1. The van der Waals surface area contributed by atoms with Crippen LogP contribution < -0.4 is 0 Å². The van der Waals surface area contributed by atoms with Crippen molar-refractivity contribution in [2.75, 3.05) is 20.1 Å². The maximum atomic E-state index is 11.8. The Morgan fingerprint density at radius 2 is 1.29 bits per heavy atom. The van der Waals surface area contributed by atoms with E-state index in [9.17, 15) is 4.79 Å². The van der Waals surface area contributed by atoms with Gasteiger partial charge in [-0.15, -0.1) is 0 Å². The van der Waals surface area contributed by atoms with E-state index in [4.69, 9.17) is 0 Å². The summed E-state index contributed by atoms with van der Waals surface area (Å²) in [6.07, 6.45) is 18.6.